The molecular weight excluding hydrogens is 341 g/mol. The van der Waals surface area contributed by atoms with Gasteiger partial charge in [-0.1, -0.05) is 30.3 Å². The third-order valence-electron chi connectivity index (χ3n) is 4.73. The van der Waals surface area contributed by atoms with Gasteiger partial charge in [-0.2, -0.15) is 5.26 Å². The Hall–Kier alpha value is -2.97. The maximum Gasteiger partial charge on any atom is 0.244 e. The first-order chi connectivity index (χ1) is 13.1. The van der Waals surface area contributed by atoms with Gasteiger partial charge in [0.2, 0.25) is 5.91 Å². The maximum atomic E-state index is 13.8. The highest BCUT2D eigenvalue weighted by Crippen LogP contribution is 2.16. The first-order valence-electron chi connectivity index (χ1n) is 9.08. The Balaban J connectivity index is 1.46. The Morgan fingerprint density at radius 3 is 2.74 bits per heavy atom. The van der Waals surface area contributed by atoms with Gasteiger partial charge in [0, 0.05) is 37.3 Å². The Morgan fingerprint density at radius 1 is 1.22 bits per heavy atom. The first kappa shape index (κ1) is 18.8. The molecule has 0 aliphatic carbocycles. The van der Waals surface area contributed by atoms with E-state index in [9.17, 15) is 9.18 Å². The molecule has 0 radical (unpaired) electrons. The number of amides is 1. The van der Waals surface area contributed by atoms with Gasteiger partial charge in [0.05, 0.1) is 11.6 Å². The van der Waals surface area contributed by atoms with Crippen LogP contribution in [0.15, 0.2) is 54.6 Å². The Kier molecular flexibility index (Phi) is 6.35. The van der Waals surface area contributed by atoms with Gasteiger partial charge >= 0.3 is 0 Å². The minimum Gasteiger partial charge on any atom is -0.350 e. The molecule has 0 bridgehead atoms. The van der Waals surface area contributed by atoms with E-state index in [2.05, 4.69) is 16.3 Å². The molecule has 1 heterocycles. The molecule has 3 rings (SSSR count). The Morgan fingerprint density at radius 2 is 2.00 bits per heavy atom. The normalized spacial score (nSPS) is 15.6. The van der Waals surface area contributed by atoms with E-state index < -0.39 is 0 Å². The quantitative estimate of drug-likeness (QED) is 0.828. The number of halogens is 1. The number of piperidine rings is 1. The van der Waals surface area contributed by atoms with E-state index in [-0.39, 0.29) is 17.8 Å². The van der Waals surface area contributed by atoms with E-state index in [1.54, 1.807) is 30.3 Å². The first-order valence-corrected chi connectivity index (χ1v) is 9.08. The molecule has 27 heavy (non-hydrogen) atoms. The van der Waals surface area contributed by atoms with Crippen molar-refractivity contribution in [1.82, 2.24) is 10.2 Å². The number of rotatable bonds is 5. The number of hydrogen-bond acceptors (Lipinski definition) is 3. The van der Waals surface area contributed by atoms with Crippen molar-refractivity contribution in [3.8, 4) is 6.07 Å². The smallest absolute Gasteiger partial charge is 0.244 e. The summed E-state index contributed by atoms with van der Waals surface area (Å²) in [6.07, 6.45) is 4.90. The highest BCUT2D eigenvalue weighted by atomic mass is 19.1. The maximum absolute atomic E-state index is 13.8. The Bertz CT molecular complexity index is 864. The van der Waals surface area contributed by atoms with Gasteiger partial charge in [0.15, 0.2) is 0 Å². The molecule has 1 fully saturated rings. The molecule has 0 atom stereocenters. The van der Waals surface area contributed by atoms with Crippen LogP contribution >= 0.6 is 0 Å². The van der Waals surface area contributed by atoms with Gasteiger partial charge in [-0.3, -0.25) is 9.69 Å². The largest absolute Gasteiger partial charge is 0.350 e. The number of carbonyl (C=O) groups excluding carboxylic acids is 1. The Labute approximate surface area is 158 Å². The second kappa shape index (κ2) is 9.11. The standard InChI is InChI=1S/C22H22FN3O/c23-21-7-2-1-6-19(21)16-26-12-10-20(11-13-26)25-22(27)9-8-17-4-3-5-18(14-17)15-24/h1-9,14,20H,10-13,16H2,(H,25,27). The third kappa shape index (κ3) is 5.50. The topological polar surface area (TPSA) is 56.1 Å². The monoisotopic (exact) mass is 363 g/mol. The summed E-state index contributed by atoms with van der Waals surface area (Å²) >= 11 is 0. The van der Waals surface area contributed by atoms with Crippen LogP contribution in [0.5, 0.6) is 0 Å². The molecule has 0 aromatic heterocycles. The van der Waals surface area contributed by atoms with E-state index in [0.29, 0.717) is 17.7 Å². The predicted octanol–water partition coefficient (Wildman–Crippen LogP) is 3.49. The molecule has 138 valence electrons. The lowest BCUT2D eigenvalue weighted by Gasteiger charge is -2.32. The average Bonchev–Trinajstić information content (AvgIpc) is 2.70. The summed E-state index contributed by atoms with van der Waals surface area (Å²) in [6, 6.07) is 16.2. The third-order valence-corrected chi connectivity index (χ3v) is 4.73. The van der Waals surface area contributed by atoms with E-state index in [4.69, 9.17) is 5.26 Å². The highest BCUT2D eigenvalue weighted by Gasteiger charge is 2.20. The number of hydrogen-bond donors (Lipinski definition) is 1. The second-order valence-electron chi connectivity index (χ2n) is 6.72. The van der Waals surface area contributed by atoms with E-state index in [1.165, 1.54) is 12.1 Å². The number of nitriles is 1. The van der Waals surface area contributed by atoms with Crippen molar-refractivity contribution < 1.29 is 9.18 Å². The van der Waals surface area contributed by atoms with Gasteiger partial charge in [0.25, 0.3) is 0 Å². The molecule has 0 unspecified atom stereocenters. The molecule has 1 aliphatic heterocycles. The van der Waals surface area contributed by atoms with E-state index >= 15 is 0 Å². The van der Waals surface area contributed by atoms with Crippen molar-refractivity contribution in [2.75, 3.05) is 13.1 Å². The lowest BCUT2D eigenvalue weighted by atomic mass is 10.0. The number of benzene rings is 2. The van der Waals surface area contributed by atoms with Crippen molar-refractivity contribution in [1.29, 1.82) is 5.26 Å². The average molecular weight is 363 g/mol. The van der Waals surface area contributed by atoms with Crippen molar-refractivity contribution in [2.45, 2.75) is 25.4 Å². The van der Waals surface area contributed by atoms with Gasteiger partial charge in [-0.05, 0) is 42.7 Å². The van der Waals surface area contributed by atoms with Crippen LogP contribution in [0.1, 0.15) is 29.5 Å². The lowest BCUT2D eigenvalue weighted by Crippen LogP contribution is -2.44. The fourth-order valence-corrected chi connectivity index (χ4v) is 3.24. The zero-order valence-electron chi connectivity index (χ0n) is 15.1. The molecule has 1 N–H and O–H groups in total. The fraction of sp³-hybridized carbons (Fsp3) is 0.273. The van der Waals surface area contributed by atoms with Crippen LogP contribution in [-0.4, -0.2) is 29.9 Å². The van der Waals surface area contributed by atoms with E-state index in [1.807, 2.05) is 18.2 Å². The molecular formula is C22H22FN3O. The molecule has 2 aromatic carbocycles. The molecule has 0 saturated carbocycles. The summed E-state index contributed by atoms with van der Waals surface area (Å²) in [5.41, 5.74) is 2.10. The summed E-state index contributed by atoms with van der Waals surface area (Å²) in [5, 5.41) is 11.9. The molecule has 1 aliphatic rings. The molecule has 1 amide bonds. The number of carbonyl (C=O) groups is 1. The van der Waals surface area contributed by atoms with Crippen LogP contribution in [0.4, 0.5) is 4.39 Å². The van der Waals surface area contributed by atoms with Gasteiger partial charge < -0.3 is 5.32 Å². The zero-order valence-corrected chi connectivity index (χ0v) is 15.1. The van der Waals surface area contributed by atoms with Crippen LogP contribution in [0.2, 0.25) is 0 Å². The van der Waals surface area contributed by atoms with E-state index in [0.717, 1.165) is 31.5 Å². The molecule has 0 spiro atoms. The highest BCUT2D eigenvalue weighted by molar-refractivity contribution is 5.91. The van der Waals surface area contributed by atoms with Crippen molar-refractivity contribution >= 4 is 12.0 Å². The summed E-state index contributed by atoms with van der Waals surface area (Å²) < 4.78 is 13.8. The number of nitrogens with zero attached hydrogens (tertiary/aromatic N) is 2. The summed E-state index contributed by atoms with van der Waals surface area (Å²) in [6.45, 7) is 2.25. The summed E-state index contributed by atoms with van der Waals surface area (Å²) in [4.78, 5) is 14.3. The van der Waals surface area contributed by atoms with Crippen molar-refractivity contribution in [3.05, 3.63) is 77.1 Å². The zero-order chi connectivity index (χ0) is 19.1. The number of likely N-dealkylation sites (tertiary alicyclic amines) is 1. The van der Waals surface area contributed by atoms with Crippen LogP contribution in [-0.2, 0) is 11.3 Å². The second-order valence-corrected chi connectivity index (χ2v) is 6.72. The minimum atomic E-state index is -0.168. The van der Waals surface area contributed by atoms with Crippen LogP contribution in [0, 0.1) is 17.1 Å². The molecule has 2 aromatic rings. The van der Waals surface area contributed by atoms with Crippen molar-refractivity contribution in [3.63, 3.8) is 0 Å². The SMILES string of the molecule is N#Cc1cccc(C=CC(=O)NC2CCN(Cc3ccccc3F)CC2)c1. The minimum absolute atomic E-state index is 0.129. The summed E-state index contributed by atoms with van der Waals surface area (Å²) in [7, 11) is 0. The van der Waals surface area contributed by atoms with Gasteiger partial charge in [-0.15, -0.1) is 0 Å². The van der Waals surface area contributed by atoms with Gasteiger partial charge in [-0.25, -0.2) is 4.39 Å². The van der Waals surface area contributed by atoms with Crippen molar-refractivity contribution in [2.24, 2.45) is 0 Å². The fourth-order valence-electron chi connectivity index (χ4n) is 3.24. The number of nitrogens with one attached hydrogen (secondary N) is 1. The molecule has 5 heteroatoms. The van der Waals surface area contributed by atoms with Crippen LogP contribution in [0.25, 0.3) is 6.08 Å². The predicted molar refractivity (Wildman–Crippen MR) is 103 cm³/mol. The summed E-state index contributed by atoms with van der Waals surface area (Å²) in [5.74, 6) is -0.302. The molecule has 1 saturated heterocycles. The molecule has 4 nitrogen and oxygen atoms in total. The van der Waals surface area contributed by atoms with Crippen LogP contribution in [0.3, 0.4) is 0 Å². The van der Waals surface area contributed by atoms with Gasteiger partial charge in [0.1, 0.15) is 5.82 Å². The van der Waals surface area contributed by atoms with Crippen LogP contribution < -0.4 is 5.32 Å². The lowest BCUT2D eigenvalue weighted by molar-refractivity contribution is -0.117.